The van der Waals surface area contributed by atoms with Gasteiger partial charge in [-0.3, -0.25) is 4.79 Å². The lowest BCUT2D eigenvalue weighted by molar-refractivity contribution is 0.0943. The quantitative estimate of drug-likeness (QED) is 0.798. The maximum absolute atomic E-state index is 13.5. The molecule has 0 radical (unpaired) electrons. The highest BCUT2D eigenvalue weighted by atomic mass is 19.1. The van der Waals surface area contributed by atoms with Crippen molar-refractivity contribution >= 4 is 5.91 Å². The summed E-state index contributed by atoms with van der Waals surface area (Å²) in [5.74, 6) is -0.279. The van der Waals surface area contributed by atoms with Crippen LogP contribution >= 0.6 is 0 Å². The summed E-state index contributed by atoms with van der Waals surface area (Å²) >= 11 is 0. The van der Waals surface area contributed by atoms with E-state index < -0.39 is 0 Å². The number of nitrogens with one attached hydrogen (secondary N) is 1. The average Bonchev–Trinajstić information content (AvgIpc) is 3.36. The van der Waals surface area contributed by atoms with Crippen LogP contribution in [0.2, 0.25) is 0 Å². The number of hydrogen-bond acceptors (Lipinski definition) is 4. The Balaban J connectivity index is 1.77. The standard InChI is InChI=1S/C18H24FN5O/c1-3-23(4-2)11-10-20-18(25)16-17(13-8-9-13)24(22-21-16)15-7-5-6-14(19)12-15/h5-7,12-13H,3-4,8-11H2,1-2H3,(H,20,25). The lowest BCUT2D eigenvalue weighted by Crippen LogP contribution is -2.35. The number of carbonyl (C=O) groups is 1. The number of halogens is 1. The van der Waals surface area contributed by atoms with E-state index in [9.17, 15) is 9.18 Å². The van der Waals surface area contributed by atoms with Gasteiger partial charge in [0.1, 0.15) is 5.82 Å². The van der Waals surface area contributed by atoms with Gasteiger partial charge < -0.3 is 10.2 Å². The molecule has 1 amide bonds. The fraction of sp³-hybridized carbons (Fsp3) is 0.500. The first-order valence-electron chi connectivity index (χ1n) is 8.86. The number of rotatable bonds is 8. The predicted molar refractivity (Wildman–Crippen MR) is 93.4 cm³/mol. The molecule has 3 rings (SSSR count). The van der Waals surface area contributed by atoms with E-state index in [-0.39, 0.29) is 17.6 Å². The van der Waals surface area contributed by atoms with Crippen molar-refractivity contribution in [3.63, 3.8) is 0 Å². The van der Waals surface area contributed by atoms with Crippen molar-refractivity contribution in [3.8, 4) is 5.69 Å². The van der Waals surface area contributed by atoms with Gasteiger partial charge in [-0.1, -0.05) is 25.1 Å². The van der Waals surface area contributed by atoms with E-state index in [1.807, 2.05) is 0 Å². The molecular formula is C18H24FN5O. The van der Waals surface area contributed by atoms with Crippen LogP contribution in [0.1, 0.15) is 48.8 Å². The summed E-state index contributed by atoms with van der Waals surface area (Å²) in [6.45, 7) is 7.47. The van der Waals surface area contributed by atoms with E-state index in [1.165, 1.54) is 12.1 Å². The lowest BCUT2D eigenvalue weighted by atomic mass is 10.2. The van der Waals surface area contributed by atoms with Gasteiger partial charge in [-0.2, -0.15) is 0 Å². The summed E-state index contributed by atoms with van der Waals surface area (Å²) < 4.78 is 15.1. The summed E-state index contributed by atoms with van der Waals surface area (Å²) in [7, 11) is 0. The van der Waals surface area contributed by atoms with Crippen molar-refractivity contribution in [3.05, 3.63) is 41.5 Å². The second kappa shape index (κ2) is 7.74. The monoisotopic (exact) mass is 345 g/mol. The SMILES string of the molecule is CCN(CC)CCNC(=O)c1nnn(-c2cccc(F)c2)c1C1CC1. The fourth-order valence-electron chi connectivity index (χ4n) is 2.92. The number of hydrogen-bond donors (Lipinski definition) is 1. The predicted octanol–water partition coefficient (Wildman–Crippen LogP) is 2.36. The molecule has 7 heteroatoms. The Morgan fingerprint density at radius 3 is 2.76 bits per heavy atom. The lowest BCUT2D eigenvalue weighted by Gasteiger charge is -2.17. The van der Waals surface area contributed by atoms with Crippen LogP contribution in [-0.4, -0.2) is 52.0 Å². The van der Waals surface area contributed by atoms with E-state index in [4.69, 9.17) is 0 Å². The number of likely N-dealkylation sites (N-methyl/N-ethyl adjacent to an activating group) is 1. The first-order chi connectivity index (χ1) is 12.1. The molecule has 0 spiro atoms. The second-order valence-electron chi connectivity index (χ2n) is 6.27. The third-order valence-corrected chi connectivity index (χ3v) is 4.54. The van der Waals surface area contributed by atoms with Gasteiger partial charge in [0.2, 0.25) is 0 Å². The van der Waals surface area contributed by atoms with Crippen molar-refractivity contribution in [1.29, 1.82) is 0 Å². The Bertz CT molecular complexity index is 737. The molecule has 1 aliphatic rings. The van der Waals surface area contributed by atoms with E-state index >= 15 is 0 Å². The molecule has 0 unspecified atom stereocenters. The molecule has 6 nitrogen and oxygen atoms in total. The maximum atomic E-state index is 13.5. The zero-order chi connectivity index (χ0) is 17.8. The van der Waals surface area contributed by atoms with Gasteiger partial charge in [0.15, 0.2) is 5.69 Å². The Hall–Kier alpha value is -2.28. The highest BCUT2D eigenvalue weighted by molar-refractivity contribution is 5.93. The number of nitrogens with zero attached hydrogens (tertiary/aromatic N) is 4. The zero-order valence-corrected chi connectivity index (χ0v) is 14.7. The van der Waals surface area contributed by atoms with Crippen LogP contribution in [0, 0.1) is 5.82 Å². The molecule has 1 fully saturated rings. The van der Waals surface area contributed by atoms with Crippen molar-refractivity contribution in [2.75, 3.05) is 26.2 Å². The third-order valence-electron chi connectivity index (χ3n) is 4.54. The highest BCUT2D eigenvalue weighted by Gasteiger charge is 2.34. The Labute approximate surface area is 147 Å². The molecule has 0 atom stereocenters. The largest absolute Gasteiger partial charge is 0.349 e. The average molecular weight is 345 g/mol. The summed E-state index contributed by atoms with van der Waals surface area (Å²) in [4.78, 5) is 14.8. The van der Waals surface area contributed by atoms with E-state index in [2.05, 4.69) is 34.4 Å². The van der Waals surface area contributed by atoms with Gasteiger partial charge >= 0.3 is 0 Å². The molecule has 0 bridgehead atoms. The van der Waals surface area contributed by atoms with Crippen molar-refractivity contribution in [1.82, 2.24) is 25.2 Å². The molecule has 1 aliphatic carbocycles. The van der Waals surface area contributed by atoms with Gasteiger partial charge in [0, 0.05) is 19.0 Å². The molecule has 1 saturated carbocycles. The van der Waals surface area contributed by atoms with Crippen LogP contribution in [0.5, 0.6) is 0 Å². The molecule has 2 aromatic rings. The molecule has 25 heavy (non-hydrogen) atoms. The Kier molecular flexibility index (Phi) is 5.43. The van der Waals surface area contributed by atoms with Crippen molar-refractivity contribution in [2.45, 2.75) is 32.6 Å². The summed E-state index contributed by atoms with van der Waals surface area (Å²) in [6.07, 6.45) is 2.00. The number of carbonyl (C=O) groups excluding carboxylic acids is 1. The van der Waals surface area contributed by atoms with Crippen molar-refractivity contribution < 1.29 is 9.18 Å². The highest BCUT2D eigenvalue weighted by Crippen LogP contribution is 2.41. The topological polar surface area (TPSA) is 63.1 Å². The number of aromatic nitrogens is 3. The fourth-order valence-corrected chi connectivity index (χ4v) is 2.92. The molecule has 0 aliphatic heterocycles. The first kappa shape index (κ1) is 17.5. The van der Waals surface area contributed by atoms with Crippen LogP contribution in [-0.2, 0) is 0 Å². The maximum Gasteiger partial charge on any atom is 0.273 e. The van der Waals surface area contributed by atoms with E-state index in [1.54, 1.807) is 16.8 Å². The zero-order valence-electron chi connectivity index (χ0n) is 14.7. The Morgan fingerprint density at radius 1 is 1.36 bits per heavy atom. The second-order valence-corrected chi connectivity index (χ2v) is 6.27. The van der Waals surface area contributed by atoms with Crippen LogP contribution < -0.4 is 5.32 Å². The normalized spacial score (nSPS) is 14.1. The summed E-state index contributed by atoms with van der Waals surface area (Å²) in [5.41, 5.74) is 1.73. The first-order valence-corrected chi connectivity index (χ1v) is 8.86. The molecule has 1 aromatic heterocycles. The van der Waals surface area contributed by atoms with E-state index in [0.29, 0.717) is 17.9 Å². The van der Waals surface area contributed by atoms with Gasteiger partial charge in [-0.05, 0) is 44.1 Å². The minimum Gasteiger partial charge on any atom is -0.349 e. The van der Waals surface area contributed by atoms with Crippen LogP contribution in [0.4, 0.5) is 4.39 Å². The van der Waals surface area contributed by atoms with Gasteiger partial charge in [-0.25, -0.2) is 9.07 Å². The van der Waals surface area contributed by atoms with Crippen LogP contribution in [0.25, 0.3) is 5.69 Å². The minimum atomic E-state index is -0.333. The number of benzene rings is 1. The summed E-state index contributed by atoms with van der Waals surface area (Å²) in [6, 6.07) is 6.19. The molecule has 1 aromatic carbocycles. The van der Waals surface area contributed by atoms with Crippen LogP contribution in [0.3, 0.4) is 0 Å². The summed E-state index contributed by atoms with van der Waals surface area (Å²) in [5, 5.41) is 11.1. The molecule has 1 N–H and O–H groups in total. The van der Waals surface area contributed by atoms with Crippen molar-refractivity contribution in [2.24, 2.45) is 0 Å². The molecule has 1 heterocycles. The van der Waals surface area contributed by atoms with Gasteiger partial charge in [-0.15, -0.1) is 5.10 Å². The van der Waals surface area contributed by atoms with Gasteiger partial charge in [0.05, 0.1) is 11.4 Å². The number of amides is 1. The van der Waals surface area contributed by atoms with E-state index in [0.717, 1.165) is 38.2 Å². The molecular weight excluding hydrogens is 321 g/mol. The smallest absolute Gasteiger partial charge is 0.273 e. The van der Waals surface area contributed by atoms with Crippen LogP contribution in [0.15, 0.2) is 24.3 Å². The third kappa shape index (κ3) is 4.04. The molecule has 134 valence electrons. The Morgan fingerprint density at radius 2 is 2.12 bits per heavy atom. The molecule has 0 saturated heterocycles. The van der Waals surface area contributed by atoms with Gasteiger partial charge in [0.25, 0.3) is 5.91 Å². The minimum absolute atomic E-state index is 0.211.